The van der Waals surface area contributed by atoms with Crippen LogP contribution in [0, 0.1) is 83.5 Å². The van der Waals surface area contributed by atoms with Crippen LogP contribution in [0.4, 0.5) is 0 Å². The molecule has 0 heterocycles. The number of rotatable bonds is 15. The first kappa shape index (κ1) is 36.9. The fourth-order valence-corrected chi connectivity index (χ4v) is 2.60. The zero-order valence-electron chi connectivity index (χ0n) is 22.9. The highest BCUT2D eigenvalue weighted by Crippen LogP contribution is 2.11. The first-order chi connectivity index (χ1) is 19.0. The van der Waals surface area contributed by atoms with Crippen molar-refractivity contribution in [3.63, 3.8) is 0 Å². The minimum atomic E-state index is -0.678. The third-order valence-corrected chi connectivity index (χ3v) is 4.38. The van der Waals surface area contributed by atoms with Crippen LogP contribution < -0.4 is 5.32 Å². The van der Waals surface area contributed by atoms with Gasteiger partial charge in [-0.3, -0.25) is 14.9 Å². The molecule has 7 nitrogen and oxygen atoms in total. The highest BCUT2D eigenvalue weighted by atomic mass is 16.6. The number of hydrogen-bond donors (Lipinski definition) is 3. The summed E-state index contributed by atoms with van der Waals surface area (Å²) in [5.74, 6) is 28.1. The number of terminal acetylenes is 1. The summed E-state index contributed by atoms with van der Waals surface area (Å²) in [6.07, 6.45) is 15.4. The maximum absolute atomic E-state index is 11.5. The van der Waals surface area contributed by atoms with Crippen molar-refractivity contribution in [2.75, 3.05) is 20.0 Å². The van der Waals surface area contributed by atoms with E-state index in [0.717, 1.165) is 19.3 Å². The van der Waals surface area contributed by atoms with Gasteiger partial charge >= 0.3 is 5.97 Å². The Balaban J connectivity index is -0.0000000326. The molecule has 0 bridgehead atoms. The van der Waals surface area contributed by atoms with Crippen LogP contribution in [0.5, 0.6) is 0 Å². The Morgan fingerprint density at radius 2 is 1.28 bits per heavy atom. The van der Waals surface area contributed by atoms with E-state index < -0.39 is 12.9 Å². The minimum absolute atomic E-state index is 0. The lowest BCUT2D eigenvalue weighted by Gasteiger charge is -2.14. The van der Waals surface area contributed by atoms with Crippen molar-refractivity contribution in [1.82, 2.24) is 5.32 Å². The van der Waals surface area contributed by atoms with Crippen LogP contribution in [0.3, 0.4) is 0 Å². The summed E-state index contributed by atoms with van der Waals surface area (Å²) in [4.78, 5) is 21.9. The van der Waals surface area contributed by atoms with Crippen LogP contribution in [0.25, 0.3) is 0 Å². The molecular weight excluding hydrogens is 494 g/mol. The Hall–Kier alpha value is -4.26. The molecule has 0 aliphatic rings. The highest BCUT2D eigenvalue weighted by Gasteiger charge is 2.13. The second kappa shape index (κ2) is 31.8. The molecule has 0 aliphatic heterocycles. The van der Waals surface area contributed by atoms with E-state index in [4.69, 9.17) is 26.1 Å². The van der Waals surface area contributed by atoms with Gasteiger partial charge in [0, 0.05) is 73.5 Å². The van der Waals surface area contributed by atoms with Crippen LogP contribution >= 0.6 is 0 Å². The Morgan fingerprint density at radius 3 is 1.74 bits per heavy atom. The second-order valence-electron chi connectivity index (χ2n) is 7.70. The van der Waals surface area contributed by atoms with Gasteiger partial charge < -0.3 is 19.7 Å². The van der Waals surface area contributed by atoms with E-state index in [9.17, 15) is 9.59 Å². The van der Waals surface area contributed by atoms with E-state index in [1.165, 1.54) is 45.4 Å². The van der Waals surface area contributed by atoms with E-state index >= 15 is 0 Å². The van der Waals surface area contributed by atoms with Gasteiger partial charge in [-0.05, 0) is 41.9 Å². The predicted octanol–water partition coefficient (Wildman–Crippen LogP) is 5.71. The number of nitrogens with one attached hydrogen (secondary N) is 1. The van der Waals surface area contributed by atoms with Gasteiger partial charge in [0.2, 0.25) is 5.91 Å². The standard InChI is InChI=1S/C16H5NO.C16H32O5.13H2/c1-3-4-5-6-7-8-9-10-11-12-13-14-15-17-16(2)18;1-2-3-4-5-6-7-8-9-10-11-16(19)21-15(12-17)13-20-14-18;;;;;;;;;;;;;/h1H,2H3,(H,17,18);15,17-18H,2-14H2,1H3;13*1H/t;15-;;;;;;;;;;;;;/m.1............./s1. The Morgan fingerprint density at radius 1 is 0.795 bits per heavy atom. The summed E-state index contributed by atoms with van der Waals surface area (Å²) in [6.45, 7) is 2.87. The number of hydrogen-bond acceptors (Lipinski definition) is 6. The van der Waals surface area contributed by atoms with Crippen LogP contribution in [0.15, 0.2) is 0 Å². The van der Waals surface area contributed by atoms with E-state index in [1.54, 1.807) is 0 Å². The minimum Gasteiger partial charge on any atom is -0.457 e. The molecule has 0 unspecified atom stereocenters. The fraction of sp³-hybridized carbons (Fsp3) is 0.500. The van der Waals surface area contributed by atoms with E-state index in [-0.39, 0.29) is 43.6 Å². The lowest BCUT2D eigenvalue weighted by Crippen LogP contribution is -2.27. The Kier molecular flexibility index (Phi) is 30.1. The number of carbonyl (C=O) groups is 2. The summed E-state index contributed by atoms with van der Waals surface area (Å²) in [5.41, 5.74) is 0. The molecule has 0 spiro atoms. The smallest absolute Gasteiger partial charge is 0.306 e. The summed E-state index contributed by atoms with van der Waals surface area (Å²) < 4.78 is 9.75. The van der Waals surface area contributed by atoms with Gasteiger partial charge in [0.05, 0.1) is 13.2 Å². The third-order valence-electron chi connectivity index (χ3n) is 4.38. The van der Waals surface area contributed by atoms with Gasteiger partial charge in [-0.2, -0.15) is 0 Å². The number of aliphatic hydroxyl groups excluding tert-OH is 2. The van der Waals surface area contributed by atoms with E-state index in [0.29, 0.717) is 6.42 Å². The van der Waals surface area contributed by atoms with Crippen molar-refractivity contribution in [3.8, 4) is 83.5 Å². The molecule has 0 saturated carbocycles. The van der Waals surface area contributed by atoms with E-state index in [1.807, 2.05) is 0 Å². The molecule has 0 aromatic carbocycles. The van der Waals surface area contributed by atoms with Gasteiger partial charge in [0.1, 0.15) is 12.9 Å². The number of carbonyl (C=O) groups excluding carboxylic acids is 2. The summed E-state index contributed by atoms with van der Waals surface area (Å²) in [6, 6.07) is 2.33. The van der Waals surface area contributed by atoms with Crippen molar-refractivity contribution in [3.05, 3.63) is 0 Å². The number of esters is 1. The van der Waals surface area contributed by atoms with Gasteiger partial charge in [-0.15, -0.1) is 6.42 Å². The Bertz CT molecular complexity index is 1150. The molecule has 0 aliphatic carbocycles. The maximum Gasteiger partial charge on any atom is 0.306 e. The maximum atomic E-state index is 11.5. The first-order valence-electron chi connectivity index (χ1n) is 12.7. The SMILES string of the molecule is C#CC#CC#CC#CC#CC#CC#CNC(C)=O.CCCCCCCCCCCC(=O)O[C@H](CO)COCO.[HH].[HH].[HH].[HH].[HH].[HH].[HH].[HH].[HH].[HH].[HH].[HH].[HH]. The quantitative estimate of drug-likeness (QED) is 0.0783. The molecule has 1 atom stereocenters. The predicted molar refractivity (Wildman–Crippen MR) is 179 cm³/mol. The average Bonchev–Trinajstić information content (AvgIpc) is 2.92. The summed E-state index contributed by atoms with van der Waals surface area (Å²) in [5, 5.41) is 19.7. The number of unbranched alkanes of at least 4 members (excludes halogenated alkanes) is 8. The molecule has 0 aromatic heterocycles. The zero-order valence-corrected chi connectivity index (χ0v) is 22.9. The zero-order chi connectivity index (χ0) is 29.2. The highest BCUT2D eigenvalue weighted by molar-refractivity contribution is 5.75. The lowest BCUT2D eigenvalue weighted by atomic mass is 10.1. The summed E-state index contributed by atoms with van der Waals surface area (Å²) >= 11 is 0. The molecule has 0 saturated heterocycles. The molecular formula is C32H63NO6. The third kappa shape index (κ3) is 33.7. The van der Waals surface area contributed by atoms with E-state index in [2.05, 4.69) is 89.3 Å². The van der Waals surface area contributed by atoms with Gasteiger partial charge in [0.25, 0.3) is 0 Å². The van der Waals surface area contributed by atoms with Crippen molar-refractivity contribution in [2.45, 2.75) is 84.2 Å². The van der Waals surface area contributed by atoms with Gasteiger partial charge in [-0.25, -0.2) is 0 Å². The van der Waals surface area contributed by atoms with Crippen LogP contribution in [-0.2, 0) is 19.1 Å². The van der Waals surface area contributed by atoms with Crippen LogP contribution in [-0.4, -0.2) is 48.2 Å². The van der Waals surface area contributed by atoms with Gasteiger partial charge in [0.15, 0.2) is 0 Å². The fourth-order valence-electron chi connectivity index (χ4n) is 2.60. The van der Waals surface area contributed by atoms with Crippen molar-refractivity contribution in [1.29, 1.82) is 0 Å². The topological polar surface area (TPSA) is 105 Å². The normalized spacial score (nSPS) is 8.79. The van der Waals surface area contributed by atoms with Gasteiger partial charge in [-0.1, -0.05) is 58.3 Å². The van der Waals surface area contributed by atoms with Crippen LogP contribution in [0.1, 0.15) is 96.6 Å². The molecule has 0 fully saturated rings. The Labute approximate surface area is 253 Å². The number of amides is 1. The molecule has 7 heteroatoms. The molecule has 1 amide bonds. The number of aliphatic hydroxyl groups is 2. The average molecular weight is 558 g/mol. The molecule has 3 N–H and O–H groups in total. The molecule has 0 radical (unpaired) electrons. The summed E-state index contributed by atoms with van der Waals surface area (Å²) in [7, 11) is 0. The molecule has 0 rings (SSSR count). The lowest BCUT2D eigenvalue weighted by molar-refractivity contribution is -0.157. The van der Waals surface area contributed by atoms with Crippen molar-refractivity contribution in [2.24, 2.45) is 0 Å². The largest absolute Gasteiger partial charge is 0.457 e. The first-order valence-corrected chi connectivity index (χ1v) is 12.7. The number of ether oxygens (including phenoxy) is 2. The second-order valence-corrected chi connectivity index (χ2v) is 7.70. The van der Waals surface area contributed by atoms with Crippen LogP contribution in [0.2, 0.25) is 0 Å². The molecule has 0 aromatic rings. The molecule has 232 valence electrons. The monoisotopic (exact) mass is 557 g/mol. The van der Waals surface area contributed by atoms with Crippen molar-refractivity contribution < 1.29 is 47.8 Å². The molecule has 39 heavy (non-hydrogen) atoms. The van der Waals surface area contributed by atoms with Crippen molar-refractivity contribution >= 4 is 11.9 Å².